The standard InChI is InChI=1S/C21H24FIN6O3/c1-21(31)7-11(8-21)19(30)28-9-10(3-4-16(28)23)17-26-18-12-5-13(22)15(32-2)6-14(12)25-20(24)29(18)27-17/h5-6,10-11,16,31H,3-4,7-9H2,1-2H3,(H2,24,25)/t10-,11?,16-,21?/m1/s1. The van der Waals surface area contributed by atoms with E-state index in [2.05, 4.69) is 37.7 Å². The number of carbonyl (C=O) groups is 1. The highest BCUT2D eigenvalue weighted by molar-refractivity contribution is 14.1. The monoisotopic (exact) mass is 554 g/mol. The normalized spacial score (nSPS) is 28.2. The minimum Gasteiger partial charge on any atom is -0.494 e. The number of aromatic nitrogens is 4. The highest BCUT2D eigenvalue weighted by Gasteiger charge is 2.46. The zero-order valence-corrected chi connectivity index (χ0v) is 19.9. The van der Waals surface area contributed by atoms with Crippen LogP contribution in [-0.4, -0.2) is 58.8 Å². The van der Waals surface area contributed by atoms with Crippen molar-refractivity contribution in [3.8, 4) is 5.75 Å². The third-order valence-electron chi connectivity index (χ3n) is 6.46. The molecule has 9 nitrogen and oxygen atoms in total. The van der Waals surface area contributed by atoms with Gasteiger partial charge in [-0.15, -0.1) is 5.10 Å². The van der Waals surface area contributed by atoms with Gasteiger partial charge in [-0.05, 0) is 38.7 Å². The molecule has 0 spiro atoms. The number of piperidine rings is 1. The maximum atomic E-state index is 14.4. The summed E-state index contributed by atoms with van der Waals surface area (Å²) >= 11 is 2.30. The molecule has 170 valence electrons. The molecule has 2 aliphatic rings. The molecule has 3 aromatic rings. The number of nitrogen functional groups attached to an aromatic ring is 1. The number of anilines is 1. The number of hydrogen-bond donors (Lipinski definition) is 2. The molecule has 11 heteroatoms. The number of methoxy groups -OCH3 is 1. The van der Waals surface area contributed by atoms with Crippen LogP contribution >= 0.6 is 22.6 Å². The number of nitrogens with two attached hydrogens (primary N) is 1. The first-order valence-corrected chi connectivity index (χ1v) is 11.8. The Bertz CT molecular complexity index is 1220. The maximum absolute atomic E-state index is 14.4. The third-order valence-corrected chi connectivity index (χ3v) is 7.76. The summed E-state index contributed by atoms with van der Waals surface area (Å²) in [5.74, 6) is 0.135. The molecule has 32 heavy (non-hydrogen) atoms. The van der Waals surface area contributed by atoms with Gasteiger partial charge in [0.05, 0.1) is 22.3 Å². The first kappa shape index (κ1) is 21.6. The third kappa shape index (κ3) is 3.54. The number of rotatable bonds is 3. The van der Waals surface area contributed by atoms with Gasteiger partial charge in [-0.3, -0.25) is 4.79 Å². The zero-order valence-electron chi connectivity index (χ0n) is 17.8. The number of aliphatic hydroxyl groups is 1. The summed E-state index contributed by atoms with van der Waals surface area (Å²) in [6.45, 7) is 2.26. The van der Waals surface area contributed by atoms with Crippen molar-refractivity contribution in [3.63, 3.8) is 0 Å². The second-order valence-electron chi connectivity index (χ2n) is 8.98. The SMILES string of the molecule is COc1cc2nc(N)n3nc([C@@H]4CC[C@H](I)N(C(=O)C5CC(C)(O)C5)C4)nc3c2cc1F. The lowest BCUT2D eigenvalue weighted by Gasteiger charge is -2.45. The Balaban J connectivity index is 1.47. The van der Waals surface area contributed by atoms with Gasteiger partial charge in [0.25, 0.3) is 0 Å². The van der Waals surface area contributed by atoms with Crippen LogP contribution < -0.4 is 10.5 Å². The fourth-order valence-corrected chi connectivity index (χ4v) is 5.63. The molecule has 1 aliphatic carbocycles. The van der Waals surface area contributed by atoms with E-state index >= 15 is 0 Å². The van der Waals surface area contributed by atoms with Crippen molar-refractivity contribution < 1.29 is 19.0 Å². The van der Waals surface area contributed by atoms with E-state index in [9.17, 15) is 14.3 Å². The van der Waals surface area contributed by atoms with E-state index in [1.54, 1.807) is 6.92 Å². The molecule has 3 heterocycles. The Morgan fingerprint density at radius 2 is 2.09 bits per heavy atom. The van der Waals surface area contributed by atoms with Gasteiger partial charge in [-0.25, -0.2) is 14.4 Å². The van der Waals surface area contributed by atoms with Crippen LogP contribution in [0.3, 0.4) is 0 Å². The van der Waals surface area contributed by atoms with Crippen LogP contribution in [0.25, 0.3) is 16.6 Å². The van der Waals surface area contributed by atoms with Crippen molar-refractivity contribution >= 4 is 51.0 Å². The molecule has 0 bridgehead atoms. The second-order valence-corrected chi connectivity index (χ2v) is 10.4. The fraction of sp³-hybridized carbons (Fsp3) is 0.524. The number of ether oxygens (including phenoxy) is 1. The molecule has 1 saturated carbocycles. The average Bonchev–Trinajstić information content (AvgIpc) is 3.18. The number of fused-ring (bicyclic) bond motifs is 3. The first-order chi connectivity index (χ1) is 15.2. The molecule has 2 aromatic heterocycles. The molecule has 0 radical (unpaired) electrons. The van der Waals surface area contributed by atoms with E-state index in [1.165, 1.54) is 23.8 Å². The molecular weight excluding hydrogens is 530 g/mol. The van der Waals surface area contributed by atoms with Gasteiger partial charge in [-0.1, -0.05) is 22.6 Å². The van der Waals surface area contributed by atoms with Crippen LogP contribution in [-0.2, 0) is 4.79 Å². The van der Waals surface area contributed by atoms with Crippen molar-refractivity contribution in [2.24, 2.45) is 5.92 Å². The van der Waals surface area contributed by atoms with Crippen molar-refractivity contribution in [2.45, 2.75) is 48.2 Å². The number of carbonyl (C=O) groups excluding carboxylic acids is 1. The van der Waals surface area contributed by atoms with Gasteiger partial charge in [-0.2, -0.15) is 4.52 Å². The molecule has 1 aromatic carbocycles. The molecule has 1 saturated heterocycles. The van der Waals surface area contributed by atoms with Crippen LogP contribution in [0.4, 0.5) is 10.3 Å². The van der Waals surface area contributed by atoms with Crippen LogP contribution in [0.5, 0.6) is 5.75 Å². The molecule has 2 fully saturated rings. The van der Waals surface area contributed by atoms with Crippen LogP contribution in [0, 0.1) is 11.7 Å². The predicted octanol–water partition coefficient (Wildman–Crippen LogP) is 2.64. The Morgan fingerprint density at radius 3 is 2.78 bits per heavy atom. The lowest BCUT2D eigenvalue weighted by atomic mass is 9.71. The lowest BCUT2D eigenvalue weighted by Crippen LogP contribution is -2.53. The van der Waals surface area contributed by atoms with Crippen molar-refractivity contribution in [1.29, 1.82) is 0 Å². The zero-order chi connectivity index (χ0) is 22.8. The Hall–Kier alpha value is -2.28. The summed E-state index contributed by atoms with van der Waals surface area (Å²) in [6.07, 6.45) is 2.62. The molecule has 1 aliphatic heterocycles. The topological polar surface area (TPSA) is 119 Å². The number of likely N-dealkylation sites (tertiary alicyclic amines) is 1. The number of alkyl halides is 1. The number of amides is 1. The second kappa shape index (κ2) is 7.65. The van der Waals surface area contributed by atoms with E-state index in [4.69, 9.17) is 10.5 Å². The fourth-order valence-electron chi connectivity index (χ4n) is 4.76. The van der Waals surface area contributed by atoms with Gasteiger partial charge >= 0.3 is 0 Å². The number of benzene rings is 1. The largest absolute Gasteiger partial charge is 0.494 e. The van der Waals surface area contributed by atoms with Gasteiger partial charge in [0.15, 0.2) is 23.0 Å². The summed E-state index contributed by atoms with van der Waals surface area (Å²) in [5.41, 5.74) is 6.26. The molecule has 3 N–H and O–H groups in total. The van der Waals surface area contributed by atoms with Gasteiger partial charge in [0.1, 0.15) is 0 Å². The average molecular weight is 554 g/mol. The highest BCUT2D eigenvalue weighted by Crippen LogP contribution is 2.41. The van der Waals surface area contributed by atoms with Crippen molar-refractivity contribution in [2.75, 3.05) is 19.4 Å². The van der Waals surface area contributed by atoms with Crippen molar-refractivity contribution in [3.05, 3.63) is 23.8 Å². The van der Waals surface area contributed by atoms with Crippen molar-refractivity contribution in [1.82, 2.24) is 24.5 Å². The highest BCUT2D eigenvalue weighted by atomic mass is 127. The van der Waals surface area contributed by atoms with Gasteiger partial charge in [0, 0.05) is 29.8 Å². The Labute approximate surface area is 197 Å². The maximum Gasteiger partial charge on any atom is 0.226 e. The molecule has 5 rings (SSSR count). The van der Waals surface area contributed by atoms with Crippen LogP contribution in [0.15, 0.2) is 12.1 Å². The minimum absolute atomic E-state index is 0.0667. The van der Waals surface area contributed by atoms with E-state index < -0.39 is 11.4 Å². The minimum atomic E-state index is -0.747. The molecule has 1 amide bonds. The summed E-state index contributed by atoms with van der Waals surface area (Å²) < 4.78 is 20.9. The quantitative estimate of drug-likeness (QED) is 0.290. The van der Waals surface area contributed by atoms with E-state index in [1.807, 2.05) is 4.90 Å². The Kier molecular flexibility index (Phi) is 5.15. The predicted molar refractivity (Wildman–Crippen MR) is 124 cm³/mol. The van der Waals surface area contributed by atoms with Crippen LogP contribution in [0.1, 0.15) is 44.3 Å². The summed E-state index contributed by atoms with van der Waals surface area (Å²) in [4.78, 5) is 23.9. The van der Waals surface area contributed by atoms with Gasteiger partial charge in [0.2, 0.25) is 11.9 Å². The van der Waals surface area contributed by atoms with E-state index in [0.717, 1.165) is 12.8 Å². The molecule has 0 unspecified atom stereocenters. The first-order valence-electron chi connectivity index (χ1n) is 10.5. The van der Waals surface area contributed by atoms with Gasteiger partial charge < -0.3 is 20.5 Å². The summed E-state index contributed by atoms with van der Waals surface area (Å²) in [7, 11) is 1.39. The number of hydrogen-bond acceptors (Lipinski definition) is 7. The number of nitrogens with zero attached hydrogens (tertiary/aromatic N) is 5. The lowest BCUT2D eigenvalue weighted by molar-refractivity contribution is -0.151. The van der Waals surface area contributed by atoms with E-state index in [0.29, 0.717) is 41.8 Å². The number of halogens is 2. The summed E-state index contributed by atoms with van der Waals surface area (Å²) in [6, 6.07) is 2.82. The van der Waals surface area contributed by atoms with E-state index in [-0.39, 0.29) is 33.5 Å². The molecular formula is C21H24FIN6O3. The van der Waals surface area contributed by atoms with Crippen LogP contribution in [0.2, 0.25) is 0 Å². The molecule has 2 atom stereocenters. The Morgan fingerprint density at radius 1 is 1.34 bits per heavy atom. The smallest absolute Gasteiger partial charge is 0.226 e. The summed E-state index contributed by atoms with van der Waals surface area (Å²) in [5, 5.41) is 15.1.